The van der Waals surface area contributed by atoms with Crippen LogP contribution >= 0.6 is 0 Å². The molecule has 2 aromatic carbocycles. The molecule has 9 heteroatoms. The second-order valence-corrected chi connectivity index (χ2v) is 10.5. The summed E-state index contributed by atoms with van der Waals surface area (Å²) in [4.78, 5) is 13.0. The third-order valence-corrected chi connectivity index (χ3v) is 8.07. The predicted octanol–water partition coefficient (Wildman–Crippen LogP) is 3.12. The highest BCUT2D eigenvalue weighted by molar-refractivity contribution is 7.89. The van der Waals surface area contributed by atoms with Gasteiger partial charge in [-0.2, -0.15) is 4.31 Å². The zero-order chi connectivity index (χ0) is 23.4. The molecule has 1 aromatic heterocycles. The summed E-state index contributed by atoms with van der Waals surface area (Å²) in [6, 6.07) is 13.1. The second-order valence-electron chi connectivity index (χ2n) is 8.55. The fourth-order valence-corrected chi connectivity index (χ4v) is 5.78. The molecule has 0 unspecified atom stereocenters. The average molecular weight is 470 g/mol. The number of rotatable bonds is 8. The highest BCUT2D eigenvalue weighted by atomic mass is 32.2. The summed E-state index contributed by atoms with van der Waals surface area (Å²) in [6.07, 6.45) is 3.22. The van der Waals surface area contributed by atoms with Gasteiger partial charge in [-0.05, 0) is 55.0 Å². The Bertz CT molecular complexity index is 1220. The normalized spacial score (nSPS) is 17.3. The number of carbonyl (C=O) groups excluding carboxylic acids is 1. The monoisotopic (exact) mass is 469 g/mol. The number of hydrogen-bond acceptors (Lipinski definition) is 5. The van der Waals surface area contributed by atoms with Crippen LogP contribution in [0.15, 0.2) is 47.4 Å². The number of aromatic nitrogens is 3. The van der Waals surface area contributed by atoms with Gasteiger partial charge in [-0.3, -0.25) is 4.79 Å². The molecule has 0 radical (unpaired) electrons. The van der Waals surface area contributed by atoms with E-state index in [0.717, 1.165) is 30.5 Å². The molecule has 1 aliphatic heterocycles. The molecule has 176 valence electrons. The number of amides is 1. The third-order valence-electron chi connectivity index (χ3n) is 6.21. The summed E-state index contributed by atoms with van der Waals surface area (Å²) in [5.74, 6) is -0.468. The number of benzene rings is 2. The van der Waals surface area contributed by atoms with E-state index in [1.54, 1.807) is 22.9 Å². The van der Waals surface area contributed by atoms with Gasteiger partial charge in [0, 0.05) is 26.2 Å². The van der Waals surface area contributed by atoms with Crippen LogP contribution in [0.1, 0.15) is 44.2 Å². The Morgan fingerprint density at radius 1 is 1.12 bits per heavy atom. The maximum atomic E-state index is 13.3. The lowest BCUT2D eigenvalue weighted by Gasteiger charge is -2.31. The molecule has 33 heavy (non-hydrogen) atoms. The molecular formula is C24H31N5O3S. The van der Waals surface area contributed by atoms with Crippen molar-refractivity contribution in [2.75, 3.05) is 13.1 Å². The molecule has 0 aliphatic carbocycles. The minimum Gasteiger partial charge on any atom is -0.352 e. The van der Waals surface area contributed by atoms with Gasteiger partial charge in [-0.15, -0.1) is 5.10 Å². The van der Waals surface area contributed by atoms with Crippen LogP contribution in [0.5, 0.6) is 0 Å². The maximum absolute atomic E-state index is 13.3. The van der Waals surface area contributed by atoms with Crippen molar-refractivity contribution in [3.8, 4) is 0 Å². The van der Waals surface area contributed by atoms with Gasteiger partial charge in [0.05, 0.1) is 16.3 Å². The molecule has 1 atom stereocenters. The predicted molar refractivity (Wildman–Crippen MR) is 127 cm³/mol. The van der Waals surface area contributed by atoms with Gasteiger partial charge < -0.3 is 5.32 Å². The summed E-state index contributed by atoms with van der Waals surface area (Å²) >= 11 is 0. The van der Waals surface area contributed by atoms with Gasteiger partial charge in [0.25, 0.3) is 0 Å². The summed E-state index contributed by atoms with van der Waals surface area (Å²) in [5, 5.41) is 11.2. The van der Waals surface area contributed by atoms with Crippen LogP contribution in [0.2, 0.25) is 0 Å². The third kappa shape index (κ3) is 5.09. The Morgan fingerprint density at radius 2 is 1.88 bits per heavy atom. The largest absolute Gasteiger partial charge is 0.352 e. The first kappa shape index (κ1) is 23.4. The van der Waals surface area contributed by atoms with Crippen molar-refractivity contribution in [1.29, 1.82) is 0 Å². The van der Waals surface area contributed by atoms with Crippen molar-refractivity contribution in [3.63, 3.8) is 0 Å². The molecule has 1 aliphatic rings. The standard InChI is InChI=1S/C24H31N5O3S/c1-3-13-29-23-12-11-21(15-22(23)26-27-29)33(31,32)28-14-5-6-20(17-28)24(30)25-16-19-9-7-18(4-2)8-10-19/h7-12,15,20H,3-6,13-14,16-17H2,1-2H3,(H,25,30)/t20-/m1/s1. The molecule has 2 heterocycles. The molecule has 4 rings (SSSR count). The van der Waals surface area contributed by atoms with Crippen molar-refractivity contribution in [2.24, 2.45) is 5.92 Å². The Hall–Kier alpha value is -2.78. The fourth-order valence-electron chi connectivity index (χ4n) is 4.24. The maximum Gasteiger partial charge on any atom is 0.243 e. The number of piperidine rings is 1. The van der Waals surface area contributed by atoms with E-state index in [1.807, 2.05) is 12.1 Å². The first-order valence-electron chi connectivity index (χ1n) is 11.6. The van der Waals surface area contributed by atoms with E-state index in [9.17, 15) is 13.2 Å². The summed E-state index contributed by atoms with van der Waals surface area (Å²) in [5.41, 5.74) is 3.66. The SMILES string of the molecule is CCCn1nnc2cc(S(=O)(=O)N3CCC[C@@H](C(=O)NCc4ccc(CC)cc4)C3)ccc21. The van der Waals surface area contributed by atoms with E-state index in [-0.39, 0.29) is 23.3 Å². The van der Waals surface area contributed by atoms with Gasteiger partial charge in [-0.1, -0.05) is 43.3 Å². The number of nitrogens with zero attached hydrogens (tertiary/aromatic N) is 4. The molecular weight excluding hydrogens is 438 g/mol. The van der Waals surface area contributed by atoms with Gasteiger partial charge in [0.1, 0.15) is 5.52 Å². The quantitative estimate of drug-likeness (QED) is 0.547. The Labute approximate surface area is 195 Å². The molecule has 1 saturated heterocycles. The Morgan fingerprint density at radius 3 is 2.61 bits per heavy atom. The van der Waals surface area contributed by atoms with E-state index in [1.165, 1.54) is 9.87 Å². The summed E-state index contributed by atoms with van der Waals surface area (Å²) < 4.78 is 29.8. The van der Waals surface area contributed by atoms with Crippen molar-refractivity contribution in [3.05, 3.63) is 53.6 Å². The molecule has 0 bridgehead atoms. The lowest BCUT2D eigenvalue weighted by Crippen LogP contribution is -2.45. The van der Waals surface area contributed by atoms with E-state index < -0.39 is 10.0 Å². The highest BCUT2D eigenvalue weighted by Gasteiger charge is 2.33. The molecule has 3 aromatic rings. The van der Waals surface area contributed by atoms with Crippen molar-refractivity contribution < 1.29 is 13.2 Å². The van der Waals surface area contributed by atoms with Crippen molar-refractivity contribution in [1.82, 2.24) is 24.6 Å². The van der Waals surface area contributed by atoms with Crippen LogP contribution in [0, 0.1) is 5.92 Å². The van der Waals surface area contributed by atoms with Crippen molar-refractivity contribution in [2.45, 2.75) is 57.5 Å². The summed E-state index contributed by atoms with van der Waals surface area (Å²) in [6.45, 7) is 5.92. The van der Waals surface area contributed by atoms with Gasteiger partial charge in [-0.25, -0.2) is 13.1 Å². The molecule has 0 spiro atoms. The Kier molecular flexibility index (Phi) is 7.09. The molecule has 8 nitrogen and oxygen atoms in total. The van der Waals surface area contributed by atoms with Crippen LogP contribution in [0.25, 0.3) is 11.0 Å². The van der Waals surface area contributed by atoms with E-state index >= 15 is 0 Å². The van der Waals surface area contributed by atoms with Crippen LogP contribution in [0.4, 0.5) is 0 Å². The van der Waals surface area contributed by atoms with Gasteiger partial charge in [0.15, 0.2) is 0 Å². The molecule has 0 saturated carbocycles. The van der Waals surface area contributed by atoms with Gasteiger partial charge >= 0.3 is 0 Å². The fraction of sp³-hybridized carbons (Fsp3) is 0.458. The first-order valence-corrected chi connectivity index (χ1v) is 13.0. The number of hydrogen-bond donors (Lipinski definition) is 1. The van der Waals surface area contributed by atoms with Gasteiger partial charge in [0.2, 0.25) is 15.9 Å². The molecule has 1 amide bonds. The lowest BCUT2D eigenvalue weighted by atomic mass is 9.98. The lowest BCUT2D eigenvalue weighted by molar-refractivity contribution is -0.126. The zero-order valence-electron chi connectivity index (χ0n) is 19.2. The van der Waals surface area contributed by atoms with E-state index in [2.05, 4.69) is 41.6 Å². The number of nitrogens with one attached hydrogen (secondary N) is 1. The smallest absolute Gasteiger partial charge is 0.243 e. The number of carbonyl (C=O) groups is 1. The number of aryl methyl sites for hydroxylation is 2. The Balaban J connectivity index is 1.43. The summed E-state index contributed by atoms with van der Waals surface area (Å²) in [7, 11) is -3.72. The number of fused-ring (bicyclic) bond motifs is 1. The van der Waals surface area contributed by atoms with Crippen LogP contribution in [0.3, 0.4) is 0 Å². The van der Waals surface area contributed by atoms with Crippen LogP contribution < -0.4 is 5.32 Å². The number of sulfonamides is 1. The van der Waals surface area contributed by atoms with Crippen LogP contribution in [-0.2, 0) is 34.3 Å². The molecule has 1 fully saturated rings. The minimum absolute atomic E-state index is 0.104. The minimum atomic E-state index is -3.72. The van der Waals surface area contributed by atoms with Crippen LogP contribution in [-0.4, -0.2) is 46.7 Å². The van der Waals surface area contributed by atoms with E-state index in [0.29, 0.717) is 31.4 Å². The average Bonchev–Trinajstić information content (AvgIpc) is 3.25. The zero-order valence-corrected chi connectivity index (χ0v) is 20.0. The highest BCUT2D eigenvalue weighted by Crippen LogP contribution is 2.26. The molecule has 1 N–H and O–H groups in total. The van der Waals surface area contributed by atoms with E-state index in [4.69, 9.17) is 0 Å². The second kappa shape index (κ2) is 10.0. The first-order chi connectivity index (χ1) is 15.9. The topological polar surface area (TPSA) is 97.2 Å². The van der Waals surface area contributed by atoms with Crippen molar-refractivity contribution >= 4 is 27.0 Å².